The molecule has 3 N–H and O–H groups in total. The van der Waals surface area contributed by atoms with Crippen LogP contribution in [-0.2, 0) is 4.79 Å². The van der Waals surface area contributed by atoms with Gasteiger partial charge in [-0.05, 0) is 70.6 Å². The first-order valence-electron chi connectivity index (χ1n) is 11.4. The zero-order valence-electron chi connectivity index (χ0n) is 18.1. The first-order valence-corrected chi connectivity index (χ1v) is 11.4. The molecule has 0 bridgehead atoms. The van der Waals surface area contributed by atoms with E-state index < -0.39 is 5.60 Å². The van der Waals surface area contributed by atoms with E-state index in [-0.39, 0.29) is 17.9 Å². The topological polar surface area (TPSA) is 69.6 Å². The van der Waals surface area contributed by atoms with Gasteiger partial charge >= 0.3 is 0 Å². The predicted octanol–water partition coefficient (Wildman–Crippen LogP) is 4.51. The second kappa shape index (κ2) is 11.2. The third-order valence-electron chi connectivity index (χ3n) is 6.46. The molecular weight excluding hydrogens is 350 g/mol. The minimum absolute atomic E-state index is 0.155. The van der Waals surface area contributed by atoms with Crippen molar-refractivity contribution in [1.82, 2.24) is 5.32 Å². The number of carbonyl (C=O) groups excluding carboxylic acids is 1. The minimum Gasteiger partial charge on any atom is -0.392 e. The summed E-state index contributed by atoms with van der Waals surface area (Å²) >= 11 is 0. The van der Waals surface area contributed by atoms with E-state index in [1.54, 1.807) is 0 Å². The highest BCUT2D eigenvalue weighted by atomic mass is 16.3. The number of fused-ring (bicyclic) bond motifs is 1. The Bertz CT molecular complexity index is 552. The highest BCUT2D eigenvalue weighted by molar-refractivity contribution is 5.75. The second-order valence-corrected chi connectivity index (χ2v) is 9.13. The molecule has 160 valence electrons. The number of aliphatic hydroxyl groups excluding tert-OH is 1. The molecule has 2 aliphatic rings. The van der Waals surface area contributed by atoms with E-state index in [2.05, 4.69) is 30.5 Å². The molecule has 28 heavy (non-hydrogen) atoms. The molecule has 4 nitrogen and oxygen atoms in total. The van der Waals surface area contributed by atoms with Gasteiger partial charge in [0.15, 0.2) is 0 Å². The van der Waals surface area contributed by atoms with Gasteiger partial charge in [-0.2, -0.15) is 0 Å². The smallest absolute Gasteiger partial charge is 0.219 e. The van der Waals surface area contributed by atoms with Crippen molar-refractivity contribution in [3.05, 3.63) is 23.8 Å². The van der Waals surface area contributed by atoms with Gasteiger partial charge in [0.05, 0.1) is 11.7 Å². The molecule has 0 aromatic carbocycles. The number of unbranched alkanes of at least 4 members (excludes halogenated alkanes) is 2. The minimum atomic E-state index is -0.640. The summed E-state index contributed by atoms with van der Waals surface area (Å²) in [6.45, 7) is 6.71. The predicted molar refractivity (Wildman–Crippen MR) is 115 cm³/mol. The molecule has 2 aliphatic carbocycles. The number of rotatable bonds is 12. The maximum atomic E-state index is 11.5. The number of nitrogens with one attached hydrogen (secondary N) is 1. The van der Waals surface area contributed by atoms with E-state index >= 15 is 0 Å². The fourth-order valence-corrected chi connectivity index (χ4v) is 4.85. The van der Waals surface area contributed by atoms with Gasteiger partial charge in [-0.25, -0.2) is 0 Å². The van der Waals surface area contributed by atoms with Crippen LogP contribution in [0.3, 0.4) is 0 Å². The summed E-state index contributed by atoms with van der Waals surface area (Å²) in [7, 11) is 0. The fraction of sp³-hybridized carbons (Fsp3) is 0.792. The van der Waals surface area contributed by atoms with Crippen LogP contribution in [0.1, 0.15) is 85.0 Å². The van der Waals surface area contributed by atoms with Crippen LogP contribution in [0.15, 0.2) is 23.8 Å². The zero-order valence-corrected chi connectivity index (χ0v) is 18.1. The lowest BCUT2D eigenvalue weighted by atomic mass is 9.87. The van der Waals surface area contributed by atoms with Crippen LogP contribution in [-0.4, -0.2) is 34.4 Å². The summed E-state index contributed by atoms with van der Waals surface area (Å²) in [6, 6.07) is 0. The lowest BCUT2D eigenvalue weighted by Crippen LogP contribution is -2.23. The molecule has 0 radical (unpaired) electrons. The average molecular weight is 392 g/mol. The average Bonchev–Trinajstić information content (AvgIpc) is 3.15. The van der Waals surface area contributed by atoms with E-state index in [4.69, 9.17) is 0 Å². The van der Waals surface area contributed by atoms with Crippen molar-refractivity contribution < 1.29 is 15.0 Å². The summed E-state index contributed by atoms with van der Waals surface area (Å²) < 4.78 is 0. The third-order valence-corrected chi connectivity index (χ3v) is 6.46. The van der Waals surface area contributed by atoms with Gasteiger partial charge in [-0.3, -0.25) is 4.79 Å². The van der Waals surface area contributed by atoms with Crippen LogP contribution in [0, 0.1) is 17.8 Å². The molecule has 1 amide bonds. The Morgan fingerprint density at radius 3 is 2.82 bits per heavy atom. The highest BCUT2D eigenvalue weighted by Crippen LogP contribution is 2.48. The van der Waals surface area contributed by atoms with E-state index in [1.165, 1.54) is 5.57 Å². The molecule has 0 aromatic heterocycles. The Hall–Kier alpha value is -1.13. The van der Waals surface area contributed by atoms with Crippen molar-refractivity contribution in [3.8, 4) is 0 Å². The maximum absolute atomic E-state index is 11.5. The van der Waals surface area contributed by atoms with Crippen LogP contribution < -0.4 is 5.32 Å². The molecule has 1 fully saturated rings. The number of hydrogen-bond acceptors (Lipinski definition) is 3. The zero-order chi connectivity index (χ0) is 20.6. The Kier molecular flexibility index (Phi) is 9.23. The molecule has 0 aromatic rings. The fourth-order valence-electron chi connectivity index (χ4n) is 4.85. The Labute approximate surface area is 171 Å². The summed E-state index contributed by atoms with van der Waals surface area (Å²) in [5, 5.41) is 23.8. The van der Waals surface area contributed by atoms with Crippen molar-refractivity contribution in [2.75, 3.05) is 6.54 Å². The third kappa shape index (κ3) is 7.04. The van der Waals surface area contributed by atoms with E-state index in [1.807, 2.05) is 13.8 Å². The van der Waals surface area contributed by atoms with Crippen LogP contribution in [0.5, 0.6) is 0 Å². The van der Waals surface area contributed by atoms with Crippen LogP contribution >= 0.6 is 0 Å². The lowest BCUT2D eigenvalue weighted by Gasteiger charge is -2.22. The van der Waals surface area contributed by atoms with Crippen molar-refractivity contribution in [2.24, 2.45) is 17.8 Å². The summed E-state index contributed by atoms with van der Waals surface area (Å²) in [6.07, 6.45) is 15.7. The first-order chi connectivity index (χ1) is 13.4. The standard InChI is InChI=1S/C24H41NO3/c1-4-6-13-24(3,28)14-9-11-20-21-16-18(15-19(21)17-22(20)26)10-7-8-12-23(27)25-5-2/h9,11,15,19-22,26,28H,4-8,10,12-14,16-17H2,1-3H3,(H,25,27)/b11-9+/t19-,20+,21-,22+,24-/m0/s1. The molecule has 1 saturated carbocycles. The number of hydrogen-bond donors (Lipinski definition) is 3. The molecule has 0 heterocycles. The van der Waals surface area contributed by atoms with Crippen LogP contribution in [0.25, 0.3) is 0 Å². The summed E-state index contributed by atoms with van der Waals surface area (Å²) in [5.74, 6) is 1.35. The van der Waals surface area contributed by atoms with Gasteiger partial charge in [0, 0.05) is 18.9 Å². The van der Waals surface area contributed by atoms with Gasteiger partial charge < -0.3 is 15.5 Å². The number of amides is 1. The van der Waals surface area contributed by atoms with E-state index in [0.717, 1.165) is 51.4 Å². The molecule has 0 unspecified atom stereocenters. The maximum Gasteiger partial charge on any atom is 0.219 e. The Morgan fingerprint density at radius 1 is 1.32 bits per heavy atom. The number of aliphatic hydroxyl groups is 2. The van der Waals surface area contributed by atoms with Gasteiger partial charge in [0.1, 0.15) is 0 Å². The molecule has 0 aliphatic heterocycles. The van der Waals surface area contributed by atoms with E-state index in [9.17, 15) is 15.0 Å². The van der Waals surface area contributed by atoms with Crippen molar-refractivity contribution in [2.45, 2.75) is 96.7 Å². The molecule has 2 rings (SSSR count). The van der Waals surface area contributed by atoms with Gasteiger partial charge in [0.25, 0.3) is 0 Å². The van der Waals surface area contributed by atoms with E-state index in [0.29, 0.717) is 31.2 Å². The van der Waals surface area contributed by atoms with Crippen molar-refractivity contribution in [3.63, 3.8) is 0 Å². The normalized spacial score (nSPS) is 29.0. The monoisotopic (exact) mass is 391 g/mol. The highest BCUT2D eigenvalue weighted by Gasteiger charge is 2.43. The molecular formula is C24H41NO3. The lowest BCUT2D eigenvalue weighted by molar-refractivity contribution is -0.121. The van der Waals surface area contributed by atoms with Crippen LogP contribution in [0.2, 0.25) is 0 Å². The SMILES string of the molecule is CCCC[C@](C)(O)C/C=C/[C@@H]1[C@H]2CC(CCCCC(=O)NCC)=C[C@H]2C[C@H]1O. The van der Waals surface area contributed by atoms with Gasteiger partial charge in [-0.1, -0.05) is 43.6 Å². The Balaban J connectivity index is 1.77. The van der Waals surface area contributed by atoms with Crippen molar-refractivity contribution >= 4 is 5.91 Å². The molecule has 0 saturated heterocycles. The van der Waals surface area contributed by atoms with Gasteiger partial charge in [-0.15, -0.1) is 0 Å². The number of carbonyl (C=O) groups is 1. The quantitative estimate of drug-likeness (QED) is 0.338. The largest absolute Gasteiger partial charge is 0.392 e. The van der Waals surface area contributed by atoms with Crippen LogP contribution in [0.4, 0.5) is 0 Å². The molecule has 4 heteroatoms. The summed E-state index contributed by atoms with van der Waals surface area (Å²) in [4.78, 5) is 11.5. The Morgan fingerprint density at radius 2 is 2.11 bits per heavy atom. The van der Waals surface area contributed by atoms with Crippen molar-refractivity contribution in [1.29, 1.82) is 0 Å². The number of allylic oxidation sites excluding steroid dienone is 2. The summed E-state index contributed by atoms with van der Waals surface area (Å²) in [5.41, 5.74) is 0.865. The first kappa shape index (κ1) is 23.2. The molecule has 0 spiro atoms. The van der Waals surface area contributed by atoms with Gasteiger partial charge in [0.2, 0.25) is 5.91 Å². The molecule has 5 atom stereocenters. The second-order valence-electron chi connectivity index (χ2n) is 9.13.